The third-order valence-electron chi connectivity index (χ3n) is 3.40. The fourth-order valence-corrected chi connectivity index (χ4v) is 2.29. The van der Waals surface area contributed by atoms with Crippen LogP contribution >= 0.6 is 0 Å². The van der Waals surface area contributed by atoms with Gasteiger partial charge in [0.15, 0.2) is 0 Å². The van der Waals surface area contributed by atoms with Crippen molar-refractivity contribution in [1.82, 2.24) is 5.32 Å². The summed E-state index contributed by atoms with van der Waals surface area (Å²) in [4.78, 5) is 0. The van der Waals surface area contributed by atoms with Gasteiger partial charge < -0.3 is 14.5 Å². The monoisotopic (exact) mass is 237 g/mol. The molecule has 0 bridgehead atoms. The van der Waals surface area contributed by atoms with Crippen molar-refractivity contribution >= 4 is 0 Å². The highest BCUT2D eigenvalue weighted by Gasteiger charge is 2.29. The summed E-state index contributed by atoms with van der Waals surface area (Å²) in [6.45, 7) is 10.4. The Hall–Kier alpha value is -0.800. The van der Waals surface area contributed by atoms with Crippen molar-refractivity contribution in [2.45, 2.75) is 46.3 Å². The van der Waals surface area contributed by atoms with Crippen LogP contribution in [0.2, 0.25) is 0 Å². The summed E-state index contributed by atoms with van der Waals surface area (Å²) < 4.78 is 11.5. The summed E-state index contributed by atoms with van der Waals surface area (Å²) in [5, 5.41) is 3.59. The second kappa shape index (κ2) is 4.83. The van der Waals surface area contributed by atoms with Crippen molar-refractivity contribution in [3.8, 4) is 0 Å². The third kappa shape index (κ3) is 3.11. The number of ether oxygens (including phenoxy) is 1. The van der Waals surface area contributed by atoms with E-state index in [2.05, 4.69) is 26.1 Å². The normalized spacial score (nSPS) is 26.8. The Morgan fingerprint density at radius 2 is 2.06 bits per heavy atom. The Labute approximate surface area is 104 Å². The molecule has 2 rings (SSSR count). The van der Waals surface area contributed by atoms with Crippen LogP contribution in [-0.4, -0.2) is 19.2 Å². The second-order valence-corrected chi connectivity index (χ2v) is 5.92. The Kier molecular flexibility index (Phi) is 3.59. The van der Waals surface area contributed by atoms with Crippen LogP contribution in [0.15, 0.2) is 16.5 Å². The molecule has 2 unspecified atom stereocenters. The van der Waals surface area contributed by atoms with Gasteiger partial charge >= 0.3 is 0 Å². The van der Waals surface area contributed by atoms with Crippen LogP contribution < -0.4 is 5.32 Å². The molecule has 1 aromatic rings. The molecule has 3 nitrogen and oxygen atoms in total. The summed E-state index contributed by atoms with van der Waals surface area (Å²) in [5.74, 6) is 1.88. The molecule has 1 aliphatic rings. The molecular formula is C14H23NO2. The number of aryl methyl sites for hydroxylation is 1. The van der Waals surface area contributed by atoms with Gasteiger partial charge in [-0.15, -0.1) is 0 Å². The van der Waals surface area contributed by atoms with E-state index in [0.717, 1.165) is 31.1 Å². The zero-order valence-electron chi connectivity index (χ0n) is 11.2. The maximum Gasteiger partial charge on any atom is 0.134 e. The summed E-state index contributed by atoms with van der Waals surface area (Å²) in [7, 11) is 0. The molecule has 0 saturated carbocycles. The first-order valence-electron chi connectivity index (χ1n) is 6.38. The van der Waals surface area contributed by atoms with Gasteiger partial charge in [-0.05, 0) is 30.9 Å². The fourth-order valence-electron chi connectivity index (χ4n) is 2.29. The molecule has 17 heavy (non-hydrogen) atoms. The van der Waals surface area contributed by atoms with Crippen LogP contribution in [0.1, 0.15) is 44.8 Å². The summed E-state index contributed by atoms with van der Waals surface area (Å²) in [5.41, 5.74) is 0.275. The van der Waals surface area contributed by atoms with Crippen molar-refractivity contribution in [1.29, 1.82) is 0 Å². The van der Waals surface area contributed by atoms with Crippen molar-refractivity contribution < 1.29 is 9.15 Å². The van der Waals surface area contributed by atoms with Crippen LogP contribution in [0.25, 0.3) is 0 Å². The van der Waals surface area contributed by atoms with Crippen molar-refractivity contribution in [3.05, 3.63) is 23.7 Å². The van der Waals surface area contributed by atoms with Crippen molar-refractivity contribution in [3.63, 3.8) is 0 Å². The lowest BCUT2D eigenvalue weighted by Crippen LogP contribution is -2.40. The number of hydrogen-bond donors (Lipinski definition) is 1. The first-order valence-corrected chi connectivity index (χ1v) is 6.38. The van der Waals surface area contributed by atoms with E-state index in [1.807, 2.05) is 19.1 Å². The van der Waals surface area contributed by atoms with Gasteiger partial charge in [-0.2, -0.15) is 0 Å². The van der Waals surface area contributed by atoms with E-state index in [1.54, 1.807) is 0 Å². The van der Waals surface area contributed by atoms with E-state index < -0.39 is 0 Å². The lowest BCUT2D eigenvalue weighted by molar-refractivity contribution is 0.0497. The molecule has 2 atom stereocenters. The van der Waals surface area contributed by atoms with Crippen LogP contribution in [-0.2, 0) is 4.74 Å². The second-order valence-electron chi connectivity index (χ2n) is 5.92. The number of furan rings is 1. The minimum atomic E-state index is 0.0519. The molecule has 0 amide bonds. The lowest BCUT2D eigenvalue weighted by atomic mass is 9.85. The Morgan fingerprint density at radius 1 is 1.29 bits per heavy atom. The first kappa shape index (κ1) is 12.7. The van der Waals surface area contributed by atoms with Gasteiger partial charge in [0, 0.05) is 19.2 Å². The van der Waals surface area contributed by atoms with E-state index in [4.69, 9.17) is 9.15 Å². The highest BCUT2D eigenvalue weighted by atomic mass is 16.5. The molecule has 96 valence electrons. The summed E-state index contributed by atoms with van der Waals surface area (Å²) >= 11 is 0. The average molecular weight is 237 g/mol. The van der Waals surface area contributed by atoms with Gasteiger partial charge in [-0.3, -0.25) is 0 Å². The van der Waals surface area contributed by atoms with E-state index in [-0.39, 0.29) is 11.5 Å². The van der Waals surface area contributed by atoms with Crippen LogP contribution in [0.4, 0.5) is 0 Å². The molecule has 1 aliphatic heterocycles. The topological polar surface area (TPSA) is 34.4 Å². The van der Waals surface area contributed by atoms with Crippen LogP contribution in [0, 0.1) is 12.3 Å². The maximum absolute atomic E-state index is 5.87. The molecule has 0 aliphatic carbocycles. The minimum Gasteiger partial charge on any atom is -0.464 e. The summed E-state index contributed by atoms with van der Waals surface area (Å²) in [6.07, 6.45) is 1.11. The fraction of sp³-hybridized carbons (Fsp3) is 0.714. The molecule has 2 heterocycles. The standard InChI is InChI=1S/C14H23NO2/c1-10-5-6-11(17-10)12-9-15-13(7-8-16-12)14(2,3)4/h5-6,12-13,15H,7-9H2,1-4H3. The average Bonchev–Trinajstić information content (AvgIpc) is 2.53. The molecule has 1 aromatic heterocycles. The number of nitrogens with one attached hydrogen (secondary N) is 1. The third-order valence-corrected chi connectivity index (χ3v) is 3.40. The van der Waals surface area contributed by atoms with E-state index in [9.17, 15) is 0 Å². The van der Waals surface area contributed by atoms with Crippen molar-refractivity contribution in [2.75, 3.05) is 13.2 Å². The zero-order valence-corrected chi connectivity index (χ0v) is 11.2. The molecule has 0 aromatic carbocycles. The zero-order chi connectivity index (χ0) is 12.5. The predicted octanol–water partition coefficient (Wildman–Crippen LogP) is 3.05. The van der Waals surface area contributed by atoms with Gasteiger partial charge in [-0.25, -0.2) is 0 Å². The largest absolute Gasteiger partial charge is 0.464 e. The van der Waals surface area contributed by atoms with Crippen LogP contribution in [0.5, 0.6) is 0 Å². The predicted molar refractivity (Wildman–Crippen MR) is 68.0 cm³/mol. The number of hydrogen-bond acceptors (Lipinski definition) is 3. The van der Waals surface area contributed by atoms with Crippen molar-refractivity contribution in [2.24, 2.45) is 5.41 Å². The minimum absolute atomic E-state index is 0.0519. The molecule has 3 heteroatoms. The van der Waals surface area contributed by atoms with E-state index in [0.29, 0.717) is 6.04 Å². The molecule has 1 fully saturated rings. The van der Waals surface area contributed by atoms with E-state index in [1.165, 1.54) is 0 Å². The first-order chi connectivity index (χ1) is 7.97. The highest BCUT2D eigenvalue weighted by Crippen LogP contribution is 2.27. The van der Waals surface area contributed by atoms with Gasteiger partial charge in [0.2, 0.25) is 0 Å². The van der Waals surface area contributed by atoms with Gasteiger partial charge in [0.1, 0.15) is 17.6 Å². The molecule has 1 saturated heterocycles. The smallest absolute Gasteiger partial charge is 0.134 e. The Morgan fingerprint density at radius 3 is 2.65 bits per heavy atom. The SMILES string of the molecule is Cc1ccc(C2CNC(C(C)(C)C)CCO2)o1. The summed E-state index contributed by atoms with van der Waals surface area (Å²) in [6, 6.07) is 4.51. The Balaban J connectivity index is 2.01. The van der Waals surface area contributed by atoms with Gasteiger partial charge in [-0.1, -0.05) is 20.8 Å². The van der Waals surface area contributed by atoms with E-state index >= 15 is 0 Å². The molecular weight excluding hydrogens is 214 g/mol. The lowest BCUT2D eigenvalue weighted by Gasteiger charge is -2.30. The quantitative estimate of drug-likeness (QED) is 0.815. The highest BCUT2D eigenvalue weighted by molar-refractivity contribution is 5.09. The van der Waals surface area contributed by atoms with Gasteiger partial charge in [0.25, 0.3) is 0 Å². The van der Waals surface area contributed by atoms with Crippen LogP contribution in [0.3, 0.4) is 0 Å². The maximum atomic E-state index is 5.87. The van der Waals surface area contributed by atoms with Gasteiger partial charge in [0.05, 0.1) is 0 Å². The molecule has 0 spiro atoms. The number of rotatable bonds is 1. The molecule has 1 N–H and O–H groups in total. The Bertz CT molecular complexity index is 365. The molecule has 0 radical (unpaired) electrons.